The third-order valence-corrected chi connectivity index (χ3v) is 5.88. The second-order valence-electron chi connectivity index (χ2n) is 7.18. The highest BCUT2D eigenvalue weighted by atomic mass is 32.2. The van der Waals surface area contributed by atoms with Gasteiger partial charge in [-0.25, -0.2) is 0 Å². The van der Waals surface area contributed by atoms with E-state index >= 15 is 0 Å². The van der Waals surface area contributed by atoms with Gasteiger partial charge in [-0.15, -0.1) is 0 Å². The Balaban J connectivity index is 1.51. The number of carbonyl (C=O) groups excluding carboxylic acids is 2. The van der Waals surface area contributed by atoms with E-state index in [1.165, 1.54) is 0 Å². The van der Waals surface area contributed by atoms with Gasteiger partial charge in [0.25, 0.3) is 11.8 Å². The Morgan fingerprint density at radius 1 is 1.15 bits per heavy atom. The number of hydrogen-bond acceptors (Lipinski definition) is 5. The molecule has 3 fully saturated rings. The van der Waals surface area contributed by atoms with E-state index in [-0.39, 0.29) is 17.9 Å². The van der Waals surface area contributed by atoms with Crippen molar-refractivity contribution in [3.63, 3.8) is 0 Å². The number of piperidine rings is 1. The van der Waals surface area contributed by atoms with Crippen LogP contribution < -0.4 is 0 Å². The molecule has 0 radical (unpaired) electrons. The van der Waals surface area contributed by atoms with Crippen molar-refractivity contribution in [2.45, 2.75) is 24.6 Å². The minimum atomic E-state index is -0.0656. The molecule has 6 nitrogen and oxygen atoms in total. The molecule has 0 aliphatic carbocycles. The first kappa shape index (κ1) is 18.1. The van der Waals surface area contributed by atoms with E-state index in [0.717, 1.165) is 24.4 Å². The van der Waals surface area contributed by atoms with Crippen LogP contribution in [0.5, 0.6) is 0 Å². The van der Waals surface area contributed by atoms with Crippen molar-refractivity contribution in [2.24, 2.45) is 5.92 Å². The molecule has 27 heavy (non-hydrogen) atoms. The smallest absolute Gasteiger partial charge is 0.289 e. The summed E-state index contributed by atoms with van der Waals surface area (Å²) in [5.41, 5.74) is 0.462. The molecular weight excluding hydrogens is 362 g/mol. The quantitative estimate of drug-likeness (QED) is 0.810. The van der Waals surface area contributed by atoms with Crippen LogP contribution in [-0.2, 0) is 5.75 Å². The van der Waals surface area contributed by atoms with E-state index in [1.807, 2.05) is 28.2 Å². The second kappa shape index (κ2) is 7.76. The lowest BCUT2D eigenvalue weighted by Gasteiger charge is -2.35. The van der Waals surface area contributed by atoms with Crippen LogP contribution in [0, 0.1) is 5.92 Å². The molecule has 2 amide bonds. The highest BCUT2D eigenvalue weighted by Gasteiger charge is 2.39. The van der Waals surface area contributed by atoms with E-state index in [1.54, 1.807) is 36.2 Å². The molecule has 0 unspecified atom stereocenters. The summed E-state index contributed by atoms with van der Waals surface area (Å²) < 4.78 is 5.73. The standard InChI is InChI=1S/C20H23N3O3S/c1-27-13-16-7-8-18(26-16)20(25)23-11-14-5-6-15(23)12-22(10-14)19(24)17-4-2-3-9-21-17/h2-4,7-9,14-15H,5-6,10-13H2,1H3/t14-,15+/m0/s1. The van der Waals surface area contributed by atoms with Gasteiger partial charge >= 0.3 is 0 Å². The number of hydrogen-bond donors (Lipinski definition) is 0. The van der Waals surface area contributed by atoms with Gasteiger partial charge in [0.05, 0.1) is 5.75 Å². The molecular formula is C20H23N3O3S. The number of fused-ring (bicyclic) bond motifs is 4. The van der Waals surface area contributed by atoms with Gasteiger partial charge in [0.15, 0.2) is 5.76 Å². The summed E-state index contributed by atoms with van der Waals surface area (Å²) in [7, 11) is 0. The normalized spacial score (nSPS) is 22.0. The van der Waals surface area contributed by atoms with E-state index in [0.29, 0.717) is 37.0 Å². The van der Waals surface area contributed by atoms with E-state index in [9.17, 15) is 9.59 Å². The zero-order valence-electron chi connectivity index (χ0n) is 15.3. The number of amides is 2. The maximum Gasteiger partial charge on any atom is 0.289 e. The third-order valence-electron chi connectivity index (χ3n) is 5.30. The lowest BCUT2D eigenvalue weighted by molar-refractivity contribution is 0.0543. The Bertz CT molecular complexity index is 823. The van der Waals surface area contributed by atoms with Crippen LogP contribution in [-0.4, -0.2) is 58.5 Å². The summed E-state index contributed by atoms with van der Waals surface area (Å²) in [6.45, 7) is 1.90. The number of pyridine rings is 1. The summed E-state index contributed by atoms with van der Waals surface area (Å²) in [6.07, 6.45) is 5.60. The Hall–Kier alpha value is -2.28. The van der Waals surface area contributed by atoms with E-state index < -0.39 is 0 Å². The maximum absolute atomic E-state index is 13.0. The average molecular weight is 385 g/mol. The number of rotatable bonds is 4. The molecule has 2 bridgehead atoms. The first-order valence-electron chi connectivity index (χ1n) is 9.24. The van der Waals surface area contributed by atoms with Crippen LogP contribution in [0.4, 0.5) is 0 Å². The highest BCUT2D eigenvalue weighted by Crippen LogP contribution is 2.30. The first-order valence-corrected chi connectivity index (χ1v) is 10.6. The monoisotopic (exact) mass is 385 g/mol. The molecule has 7 heteroatoms. The largest absolute Gasteiger partial charge is 0.455 e. The molecule has 3 aliphatic heterocycles. The summed E-state index contributed by atoms with van der Waals surface area (Å²) in [6, 6.07) is 9.04. The lowest BCUT2D eigenvalue weighted by atomic mass is 9.95. The van der Waals surface area contributed by atoms with Gasteiger partial charge in [-0.1, -0.05) is 6.07 Å². The Labute approximate surface area is 162 Å². The maximum atomic E-state index is 13.0. The molecule has 0 saturated carbocycles. The van der Waals surface area contributed by atoms with Gasteiger partial charge in [0.2, 0.25) is 0 Å². The van der Waals surface area contributed by atoms with Crippen LogP contribution in [0.3, 0.4) is 0 Å². The van der Waals surface area contributed by atoms with Crippen LogP contribution in [0.15, 0.2) is 40.9 Å². The number of furan rings is 1. The van der Waals surface area contributed by atoms with Gasteiger partial charge in [-0.2, -0.15) is 11.8 Å². The summed E-state index contributed by atoms with van der Waals surface area (Å²) in [4.78, 5) is 33.8. The van der Waals surface area contributed by atoms with E-state index in [2.05, 4.69) is 4.98 Å². The molecule has 3 aliphatic rings. The highest BCUT2D eigenvalue weighted by molar-refractivity contribution is 7.97. The average Bonchev–Trinajstić information content (AvgIpc) is 2.97. The van der Waals surface area contributed by atoms with Gasteiger partial charge in [0, 0.05) is 31.9 Å². The van der Waals surface area contributed by atoms with Gasteiger partial charge in [-0.05, 0) is 49.3 Å². The number of aromatic nitrogens is 1. The van der Waals surface area contributed by atoms with Crippen molar-refractivity contribution in [3.8, 4) is 0 Å². The van der Waals surface area contributed by atoms with Crippen molar-refractivity contribution in [1.29, 1.82) is 0 Å². The number of thioether (sulfide) groups is 1. The van der Waals surface area contributed by atoms with Crippen molar-refractivity contribution >= 4 is 23.6 Å². The van der Waals surface area contributed by atoms with Crippen LogP contribution in [0.25, 0.3) is 0 Å². The molecule has 5 heterocycles. The number of nitrogens with zero attached hydrogens (tertiary/aromatic N) is 3. The molecule has 0 N–H and O–H groups in total. The molecule has 2 aromatic rings. The fourth-order valence-corrected chi connectivity index (χ4v) is 4.44. The molecule has 2 atom stereocenters. The summed E-state index contributed by atoms with van der Waals surface area (Å²) in [5.74, 6) is 2.14. The van der Waals surface area contributed by atoms with E-state index in [4.69, 9.17) is 4.42 Å². The van der Waals surface area contributed by atoms with Crippen LogP contribution >= 0.6 is 11.8 Å². The zero-order valence-corrected chi connectivity index (χ0v) is 16.2. The van der Waals surface area contributed by atoms with Crippen LogP contribution in [0.1, 0.15) is 39.6 Å². The Morgan fingerprint density at radius 3 is 2.81 bits per heavy atom. The zero-order chi connectivity index (χ0) is 18.8. The van der Waals surface area contributed by atoms with Gasteiger partial charge in [0.1, 0.15) is 11.5 Å². The number of carbonyl (C=O) groups is 2. The lowest BCUT2D eigenvalue weighted by Crippen LogP contribution is -2.47. The fourth-order valence-electron chi connectivity index (χ4n) is 4.00. The van der Waals surface area contributed by atoms with Crippen molar-refractivity contribution in [1.82, 2.24) is 14.8 Å². The SMILES string of the molecule is CSCc1ccc(C(=O)N2C[C@H]3CC[C@@H]2CN(C(=O)c2ccccn2)C3)o1. The summed E-state index contributed by atoms with van der Waals surface area (Å²) >= 11 is 1.66. The predicted octanol–water partition coefficient (Wildman–Crippen LogP) is 2.91. The molecule has 2 aromatic heterocycles. The van der Waals surface area contributed by atoms with Crippen molar-refractivity contribution in [3.05, 3.63) is 53.7 Å². The van der Waals surface area contributed by atoms with Gasteiger partial charge < -0.3 is 14.2 Å². The summed E-state index contributed by atoms with van der Waals surface area (Å²) in [5, 5.41) is 0. The second-order valence-corrected chi connectivity index (χ2v) is 8.04. The molecule has 142 valence electrons. The molecule has 3 saturated heterocycles. The van der Waals surface area contributed by atoms with Crippen molar-refractivity contribution < 1.29 is 14.0 Å². The Kier molecular flexibility index (Phi) is 5.20. The minimum absolute atomic E-state index is 0.0259. The molecule has 0 spiro atoms. The topological polar surface area (TPSA) is 66.7 Å². The molecule has 0 aromatic carbocycles. The van der Waals surface area contributed by atoms with Gasteiger partial charge in [-0.3, -0.25) is 14.6 Å². The predicted molar refractivity (Wildman–Crippen MR) is 104 cm³/mol. The first-order chi connectivity index (χ1) is 13.2. The fraction of sp³-hybridized carbons (Fsp3) is 0.450. The molecule has 5 rings (SSSR count). The van der Waals surface area contributed by atoms with Crippen molar-refractivity contribution in [2.75, 3.05) is 25.9 Å². The third kappa shape index (κ3) is 3.74. The minimum Gasteiger partial charge on any atom is -0.455 e. The van der Waals surface area contributed by atoms with Crippen LogP contribution in [0.2, 0.25) is 0 Å². The Morgan fingerprint density at radius 2 is 2.04 bits per heavy atom.